The van der Waals surface area contributed by atoms with Crippen LogP contribution in [0.4, 0.5) is 5.69 Å². The van der Waals surface area contributed by atoms with E-state index in [1.807, 2.05) is 0 Å². The molecule has 1 aromatic rings. The molecule has 26 heavy (non-hydrogen) atoms. The van der Waals surface area contributed by atoms with Crippen molar-refractivity contribution in [2.45, 2.75) is 52.1 Å². The average Bonchev–Trinajstić information content (AvgIpc) is 2.55. The fourth-order valence-corrected chi connectivity index (χ4v) is 2.59. The molecule has 142 valence electrons. The molecule has 0 bridgehead atoms. The predicted octanol–water partition coefficient (Wildman–Crippen LogP) is 2.02. The lowest BCUT2D eigenvalue weighted by Crippen LogP contribution is -2.45. The summed E-state index contributed by atoms with van der Waals surface area (Å²) < 4.78 is 21.8. The topological polar surface area (TPSA) is 100 Å². The molecule has 1 heterocycles. The van der Waals surface area contributed by atoms with Gasteiger partial charge in [0, 0.05) is 32.9 Å². The number of amides is 1. The zero-order valence-electron chi connectivity index (χ0n) is 15.0. The van der Waals surface area contributed by atoms with E-state index in [4.69, 9.17) is 18.9 Å². The van der Waals surface area contributed by atoms with Gasteiger partial charge in [-0.2, -0.15) is 0 Å². The van der Waals surface area contributed by atoms with Crippen LogP contribution in [0.2, 0.25) is 0 Å². The lowest BCUT2D eigenvalue weighted by molar-refractivity contribution is -0.212. The molecule has 0 aliphatic carbocycles. The Bertz CT molecular complexity index is 643. The third-order valence-electron chi connectivity index (χ3n) is 3.64. The first kappa shape index (κ1) is 19.7. The van der Waals surface area contributed by atoms with Crippen LogP contribution in [-0.2, 0) is 28.6 Å². The van der Waals surface area contributed by atoms with Crippen LogP contribution in [0.3, 0.4) is 0 Å². The SMILES string of the molecule is CC(=O)Nc1ccc(OC2CCC(OC(C)=O)C(COC(C)=O)O2)cc1. The molecule has 3 unspecified atom stereocenters. The van der Waals surface area contributed by atoms with E-state index in [0.717, 1.165) is 0 Å². The highest BCUT2D eigenvalue weighted by Crippen LogP contribution is 2.26. The minimum atomic E-state index is -0.597. The van der Waals surface area contributed by atoms with Crippen LogP contribution in [0.25, 0.3) is 0 Å². The summed E-state index contributed by atoms with van der Waals surface area (Å²) in [5, 5.41) is 2.67. The van der Waals surface area contributed by atoms with Gasteiger partial charge >= 0.3 is 11.9 Å². The summed E-state index contributed by atoms with van der Waals surface area (Å²) in [7, 11) is 0. The van der Waals surface area contributed by atoms with Crippen LogP contribution in [0.5, 0.6) is 5.75 Å². The van der Waals surface area contributed by atoms with Crippen molar-refractivity contribution in [2.75, 3.05) is 11.9 Å². The Kier molecular flexibility index (Phi) is 6.97. The molecule has 2 rings (SSSR count). The summed E-state index contributed by atoms with van der Waals surface area (Å²) in [6.45, 7) is 4.04. The molecule has 0 radical (unpaired) electrons. The monoisotopic (exact) mass is 365 g/mol. The van der Waals surface area contributed by atoms with Crippen LogP contribution in [0, 0.1) is 0 Å². The fraction of sp³-hybridized carbons (Fsp3) is 0.500. The molecule has 0 saturated carbocycles. The van der Waals surface area contributed by atoms with Crippen molar-refractivity contribution in [1.82, 2.24) is 0 Å². The van der Waals surface area contributed by atoms with E-state index in [9.17, 15) is 14.4 Å². The van der Waals surface area contributed by atoms with Gasteiger partial charge in [0.2, 0.25) is 12.2 Å². The maximum absolute atomic E-state index is 11.2. The van der Waals surface area contributed by atoms with Crippen molar-refractivity contribution in [3.63, 3.8) is 0 Å². The fourth-order valence-electron chi connectivity index (χ4n) is 2.59. The van der Waals surface area contributed by atoms with Gasteiger partial charge in [-0.3, -0.25) is 14.4 Å². The number of rotatable bonds is 6. The zero-order valence-corrected chi connectivity index (χ0v) is 15.0. The zero-order chi connectivity index (χ0) is 19.1. The lowest BCUT2D eigenvalue weighted by Gasteiger charge is -2.35. The van der Waals surface area contributed by atoms with Gasteiger partial charge in [0.25, 0.3) is 0 Å². The van der Waals surface area contributed by atoms with Gasteiger partial charge in [-0.05, 0) is 30.7 Å². The van der Waals surface area contributed by atoms with Crippen LogP contribution in [0.15, 0.2) is 24.3 Å². The minimum Gasteiger partial charge on any atom is -0.465 e. The van der Waals surface area contributed by atoms with Crippen LogP contribution >= 0.6 is 0 Å². The molecule has 8 nitrogen and oxygen atoms in total. The Morgan fingerprint density at radius 2 is 1.77 bits per heavy atom. The second-order valence-electron chi connectivity index (χ2n) is 5.96. The van der Waals surface area contributed by atoms with E-state index in [0.29, 0.717) is 24.3 Å². The van der Waals surface area contributed by atoms with Gasteiger partial charge in [-0.1, -0.05) is 0 Å². The Morgan fingerprint density at radius 3 is 2.35 bits per heavy atom. The highest BCUT2D eigenvalue weighted by Gasteiger charge is 2.35. The Balaban J connectivity index is 1.96. The molecule has 1 aliphatic heterocycles. The van der Waals surface area contributed by atoms with E-state index >= 15 is 0 Å². The van der Waals surface area contributed by atoms with Gasteiger partial charge < -0.3 is 24.3 Å². The van der Waals surface area contributed by atoms with E-state index in [-0.39, 0.29) is 12.5 Å². The maximum Gasteiger partial charge on any atom is 0.302 e. The highest BCUT2D eigenvalue weighted by atomic mass is 16.7. The first-order valence-corrected chi connectivity index (χ1v) is 8.34. The van der Waals surface area contributed by atoms with E-state index < -0.39 is 30.4 Å². The number of carbonyl (C=O) groups excluding carboxylic acids is 3. The standard InChI is InChI=1S/C18H23NO7/c1-11(20)19-14-4-6-15(7-5-14)25-18-9-8-16(24-13(3)22)17(26-18)10-23-12(2)21/h4-7,16-18H,8-10H2,1-3H3,(H,19,20). The third-order valence-corrected chi connectivity index (χ3v) is 3.64. The minimum absolute atomic E-state index is 0.0192. The number of carbonyl (C=O) groups is 3. The Hall–Kier alpha value is -2.61. The quantitative estimate of drug-likeness (QED) is 0.770. The highest BCUT2D eigenvalue weighted by molar-refractivity contribution is 5.88. The number of benzene rings is 1. The smallest absolute Gasteiger partial charge is 0.302 e. The third kappa shape index (κ3) is 6.36. The second kappa shape index (κ2) is 9.19. The summed E-state index contributed by atoms with van der Waals surface area (Å²) in [5.41, 5.74) is 0.664. The molecule has 1 fully saturated rings. The maximum atomic E-state index is 11.2. The second-order valence-corrected chi connectivity index (χ2v) is 5.96. The number of anilines is 1. The molecule has 1 aliphatic rings. The van der Waals surface area contributed by atoms with E-state index in [1.54, 1.807) is 24.3 Å². The van der Waals surface area contributed by atoms with Gasteiger partial charge in [0.1, 0.15) is 24.6 Å². The molecule has 8 heteroatoms. The van der Waals surface area contributed by atoms with Crippen LogP contribution < -0.4 is 10.1 Å². The van der Waals surface area contributed by atoms with Crippen molar-refractivity contribution >= 4 is 23.5 Å². The molecule has 1 aromatic carbocycles. The van der Waals surface area contributed by atoms with Crippen LogP contribution in [-0.4, -0.2) is 43.0 Å². The molecule has 3 atom stereocenters. The molecular formula is C18H23NO7. The average molecular weight is 365 g/mol. The van der Waals surface area contributed by atoms with Gasteiger partial charge in [0.05, 0.1) is 0 Å². The molecule has 1 saturated heterocycles. The van der Waals surface area contributed by atoms with Crippen molar-refractivity contribution in [3.8, 4) is 5.75 Å². The molecule has 1 N–H and O–H groups in total. The number of hydrogen-bond donors (Lipinski definition) is 1. The summed E-state index contributed by atoms with van der Waals surface area (Å²) >= 11 is 0. The van der Waals surface area contributed by atoms with E-state index in [2.05, 4.69) is 5.32 Å². The Morgan fingerprint density at radius 1 is 1.08 bits per heavy atom. The van der Waals surface area contributed by atoms with Crippen molar-refractivity contribution in [3.05, 3.63) is 24.3 Å². The molecule has 1 amide bonds. The van der Waals surface area contributed by atoms with Gasteiger partial charge in [0.15, 0.2) is 0 Å². The van der Waals surface area contributed by atoms with Crippen LogP contribution in [0.1, 0.15) is 33.6 Å². The van der Waals surface area contributed by atoms with Crippen molar-refractivity contribution < 1.29 is 33.3 Å². The normalized spacial score (nSPS) is 22.2. The van der Waals surface area contributed by atoms with Gasteiger partial charge in [-0.15, -0.1) is 0 Å². The number of ether oxygens (including phenoxy) is 4. The first-order chi connectivity index (χ1) is 12.3. The molecule has 0 spiro atoms. The number of nitrogens with one attached hydrogen (secondary N) is 1. The van der Waals surface area contributed by atoms with E-state index in [1.165, 1.54) is 20.8 Å². The summed E-state index contributed by atoms with van der Waals surface area (Å²) in [6, 6.07) is 6.87. The summed E-state index contributed by atoms with van der Waals surface area (Å²) in [6.07, 6.45) is -0.606. The lowest BCUT2D eigenvalue weighted by atomic mass is 10.0. The molecule has 0 aromatic heterocycles. The predicted molar refractivity (Wildman–Crippen MR) is 91.5 cm³/mol. The van der Waals surface area contributed by atoms with Crippen molar-refractivity contribution in [1.29, 1.82) is 0 Å². The number of hydrogen-bond acceptors (Lipinski definition) is 7. The summed E-state index contributed by atoms with van der Waals surface area (Å²) in [5.74, 6) is -0.438. The number of esters is 2. The van der Waals surface area contributed by atoms with Crippen molar-refractivity contribution in [2.24, 2.45) is 0 Å². The molecular weight excluding hydrogens is 342 g/mol. The van der Waals surface area contributed by atoms with Gasteiger partial charge in [-0.25, -0.2) is 0 Å². The Labute approximate surface area is 151 Å². The largest absolute Gasteiger partial charge is 0.465 e. The first-order valence-electron chi connectivity index (χ1n) is 8.34. The summed E-state index contributed by atoms with van der Waals surface area (Å²) in [4.78, 5) is 33.3.